The zero-order valence-electron chi connectivity index (χ0n) is 14.4. The number of nitrogens with one attached hydrogen (secondary N) is 1. The van der Waals surface area contributed by atoms with Crippen molar-refractivity contribution >= 4 is 15.7 Å². The molecule has 1 atom stereocenters. The van der Waals surface area contributed by atoms with Crippen molar-refractivity contribution in [2.45, 2.75) is 38.0 Å². The van der Waals surface area contributed by atoms with Crippen LogP contribution in [0, 0.1) is 0 Å². The van der Waals surface area contributed by atoms with E-state index in [-0.39, 0.29) is 27.7 Å². The molecule has 0 saturated carbocycles. The normalized spacial score (nSPS) is 13.5. The van der Waals surface area contributed by atoms with Crippen LogP contribution in [0.3, 0.4) is 0 Å². The Kier molecular flexibility index (Phi) is 5.69. The average molecular weight is 362 g/mol. The van der Waals surface area contributed by atoms with Crippen molar-refractivity contribution in [3.8, 4) is 11.5 Å². The van der Waals surface area contributed by atoms with Crippen molar-refractivity contribution in [3.63, 3.8) is 0 Å². The van der Waals surface area contributed by atoms with Gasteiger partial charge in [-0.2, -0.15) is 18.4 Å². The molecule has 0 unspecified atom stereocenters. The zero-order valence-corrected chi connectivity index (χ0v) is 15.2. The Labute approximate surface area is 147 Å². The maximum Gasteiger partial charge on any atom is 0.276 e. The lowest BCUT2D eigenvalue weighted by molar-refractivity contribution is 0.448. The second-order valence-corrected chi connectivity index (χ2v) is 7.50. The van der Waals surface area contributed by atoms with Crippen LogP contribution in [0.2, 0.25) is 0 Å². The van der Waals surface area contributed by atoms with Gasteiger partial charge in [0.1, 0.15) is 11.5 Å². The van der Waals surface area contributed by atoms with Gasteiger partial charge in [-0.05, 0) is 49.1 Å². The minimum absolute atomic E-state index is 0.0809. The van der Waals surface area contributed by atoms with Gasteiger partial charge in [0.25, 0.3) is 10.0 Å². The average Bonchev–Trinajstić information content (AvgIpc) is 2.59. The molecule has 0 aliphatic rings. The molecule has 0 radical (unpaired) electrons. The summed E-state index contributed by atoms with van der Waals surface area (Å²) in [5, 5.41) is 23.4. The van der Waals surface area contributed by atoms with Crippen LogP contribution in [0.4, 0.5) is 0 Å². The van der Waals surface area contributed by atoms with E-state index in [1.807, 2.05) is 0 Å². The highest BCUT2D eigenvalue weighted by Gasteiger charge is 2.15. The van der Waals surface area contributed by atoms with Gasteiger partial charge in [0, 0.05) is 0 Å². The number of nitrogens with zero attached hydrogens (tertiary/aromatic N) is 1. The van der Waals surface area contributed by atoms with Gasteiger partial charge >= 0.3 is 0 Å². The number of hydrogen-bond acceptors (Lipinski definition) is 5. The summed E-state index contributed by atoms with van der Waals surface area (Å²) in [5.74, 6) is -0.00859. The Morgan fingerprint density at radius 1 is 1.12 bits per heavy atom. The molecule has 0 amide bonds. The van der Waals surface area contributed by atoms with Gasteiger partial charge in [0.05, 0.1) is 16.2 Å². The van der Waals surface area contributed by atoms with Crippen LogP contribution in [0.1, 0.15) is 44.2 Å². The number of hydrazone groups is 1. The van der Waals surface area contributed by atoms with E-state index < -0.39 is 10.0 Å². The Morgan fingerprint density at radius 2 is 1.68 bits per heavy atom. The minimum Gasteiger partial charge on any atom is -0.507 e. The molecule has 0 aliphatic carbocycles. The predicted octanol–water partition coefficient (Wildman–Crippen LogP) is 3.31. The molecule has 0 aromatic heterocycles. The van der Waals surface area contributed by atoms with E-state index >= 15 is 0 Å². The van der Waals surface area contributed by atoms with Gasteiger partial charge in [-0.15, -0.1) is 0 Å². The number of aromatic hydroxyl groups is 2. The Morgan fingerprint density at radius 3 is 2.20 bits per heavy atom. The standard InChI is InChI=1S/C18H22N2O4S/c1-4-12(2)14-8-10-15(11-9-14)25(23,24)20-19-13(3)18-16(21)6-5-7-17(18)22/h5-12,20-22H,4H2,1-3H3/b19-13-/t12-/m1/s1. The molecular formula is C18H22N2O4S. The molecule has 7 heteroatoms. The van der Waals surface area contributed by atoms with Gasteiger partial charge in [-0.25, -0.2) is 0 Å². The SMILES string of the molecule is CC[C@@H](C)c1ccc(S(=O)(=O)N/N=C(/C)c2c(O)cccc2O)cc1. The van der Waals surface area contributed by atoms with Crippen molar-refractivity contribution in [2.24, 2.45) is 5.10 Å². The molecule has 0 saturated heterocycles. The molecule has 0 heterocycles. The molecule has 6 nitrogen and oxygen atoms in total. The summed E-state index contributed by atoms with van der Waals surface area (Å²) < 4.78 is 24.7. The lowest BCUT2D eigenvalue weighted by atomic mass is 9.99. The van der Waals surface area contributed by atoms with E-state index in [4.69, 9.17) is 0 Å². The molecule has 0 fully saturated rings. The van der Waals surface area contributed by atoms with Crippen molar-refractivity contribution in [1.82, 2.24) is 4.83 Å². The van der Waals surface area contributed by atoms with Crippen LogP contribution < -0.4 is 4.83 Å². The predicted molar refractivity (Wildman–Crippen MR) is 97.5 cm³/mol. The quantitative estimate of drug-likeness (QED) is 0.542. The summed E-state index contributed by atoms with van der Waals surface area (Å²) in [5.41, 5.74) is 1.30. The van der Waals surface area contributed by atoms with Crippen molar-refractivity contribution in [1.29, 1.82) is 0 Å². The fraction of sp³-hybridized carbons (Fsp3) is 0.278. The summed E-state index contributed by atoms with van der Waals surface area (Å²) in [4.78, 5) is 2.22. The summed E-state index contributed by atoms with van der Waals surface area (Å²) in [7, 11) is -3.84. The molecule has 25 heavy (non-hydrogen) atoms. The van der Waals surface area contributed by atoms with Crippen molar-refractivity contribution in [2.75, 3.05) is 0 Å². The zero-order chi connectivity index (χ0) is 18.6. The van der Waals surface area contributed by atoms with E-state index in [1.165, 1.54) is 37.3 Å². The Hall–Kier alpha value is -2.54. The smallest absolute Gasteiger partial charge is 0.276 e. The van der Waals surface area contributed by atoms with Crippen LogP contribution in [0.5, 0.6) is 11.5 Å². The molecule has 2 aromatic rings. The third-order valence-corrected chi connectivity index (χ3v) is 5.31. The van der Waals surface area contributed by atoms with Crippen molar-refractivity contribution < 1.29 is 18.6 Å². The Bertz CT molecular complexity index is 854. The first-order valence-electron chi connectivity index (χ1n) is 7.93. The van der Waals surface area contributed by atoms with E-state index in [0.717, 1.165) is 12.0 Å². The van der Waals surface area contributed by atoms with E-state index in [0.29, 0.717) is 5.92 Å². The third kappa shape index (κ3) is 4.30. The van der Waals surface area contributed by atoms with Crippen LogP contribution in [-0.2, 0) is 10.0 Å². The topological polar surface area (TPSA) is 99.0 Å². The maximum atomic E-state index is 12.3. The molecule has 2 aromatic carbocycles. The second kappa shape index (κ2) is 7.57. The number of phenolic OH excluding ortho intramolecular Hbond substituents is 2. The van der Waals surface area contributed by atoms with Crippen LogP contribution in [-0.4, -0.2) is 24.3 Å². The van der Waals surface area contributed by atoms with Gasteiger partial charge in [-0.3, -0.25) is 0 Å². The largest absolute Gasteiger partial charge is 0.507 e. The van der Waals surface area contributed by atoms with Gasteiger partial charge in [-0.1, -0.05) is 32.0 Å². The molecular weight excluding hydrogens is 340 g/mol. The molecule has 3 N–H and O–H groups in total. The maximum absolute atomic E-state index is 12.3. The number of sulfonamides is 1. The van der Waals surface area contributed by atoms with Gasteiger partial charge in [0.15, 0.2) is 0 Å². The monoisotopic (exact) mass is 362 g/mol. The first-order valence-corrected chi connectivity index (χ1v) is 9.42. The van der Waals surface area contributed by atoms with Crippen LogP contribution >= 0.6 is 0 Å². The summed E-state index contributed by atoms with van der Waals surface area (Å²) in [6.07, 6.45) is 0.970. The van der Waals surface area contributed by atoms with E-state index in [9.17, 15) is 18.6 Å². The highest BCUT2D eigenvalue weighted by molar-refractivity contribution is 7.89. The highest BCUT2D eigenvalue weighted by Crippen LogP contribution is 2.27. The number of rotatable bonds is 6. The molecule has 134 valence electrons. The number of hydrogen-bond donors (Lipinski definition) is 3. The number of phenols is 2. The molecule has 0 bridgehead atoms. The minimum atomic E-state index is -3.84. The molecule has 2 rings (SSSR count). The third-order valence-electron chi connectivity index (χ3n) is 4.09. The van der Waals surface area contributed by atoms with E-state index in [2.05, 4.69) is 23.8 Å². The first-order chi connectivity index (χ1) is 11.8. The van der Waals surface area contributed by atoms with Crippen LogP contribution in [0.25, 0.3) is 0 Å². The van der Waals surface area contributed by atoms with Gasteiger partial charge in [0.2, 0.25) is 0 Å². The lowest BCUT2D eigenvalue weighted by Gasteiger charge is -2.10. The van der Waals surface area contributed by atoms with E-state index in [1.54, 1.807) is 12.1 Å². The summed E-state index contributed by atoms with van der Waals surface area (Å²) in [6.45, 7) is 5.64. The lowest BCUT2D eigenvalue weighted by Crippen LogP contribution is -2.20. The fourth-order valence-corrected chi connectivity index (χ4v) is 3.20. The van der Waals surface area contributed by atoms with Crippen molar-refractivity contribution in [3.05, 3.63) is 53.6 Å². The van der Waals surface area contributed by atoms with Gasteiger partial charge < -0.3 is 10.2 Å². The second-order valence-electron chi connectivity index (χ2n) is 5.84. The summed E-state index contributed by atoms with van der Waals surface area (Å²) in [6, 6.07) is 10.9. The Balaban J connectivity index is 2.24. The molecule has 0 spiro atoms. The number of benzene rings is 2. The van der Waals surface area contributed by atoms with Crippen LogP contribution in [0.15, 0.2) is 52.5 Å². The first kappa shape index (κ1) is 18.8. The summed E-state index contributed by atoms with van der Waals surface area (Å²) >= 11 is 0. The highest BCUT2D eigenvalue weighted by atomic mass is 32.2. The fourth-order valence-electron chi connectivity index (χ4n) is 2.35. The molecule has 0 aliphatic heterocycles.